The molecular formula is C27H35ClN4O4. The van der Waals surface area contributed by atoms with Gasteiger partial charge in [-0.2, -0.15) is 0 Å². The molecule has 1 unspecified atom stereocenters. The van der Waals surface area contributed by atoms with Gasteiger partial charge in [-0.25, -0.2) is 9.59 Å². The number of anilines is 1. The molecule has 3 rings (SSSR count). The number of nitrogens with one attached hydrogen (secondary N) is 3. The van der Waals surface area contributed by atoms with Gasteiger partial charge in [0, 0.05) is 42.7 Å². The van der Waals surface area contributed by atoms with Gasteiger partial charge in [-0.3, -0.25) is 10.1 Å². The standard InChI is InChI=1S/C27H35ClN4O4/c1-3-19-8-10-22(11-9-19)31-27(35)36-17-14-24(29-2)25(33)20-12-15-32(16-13-20)26(34)30-18-21-6-4-5-7-23(21)28/h4-11,20,24,29H,3,12-18H2,1-2H3,(H,30,34)(H,31,35). The van der Waals surface area contributed by atoms with Crippen LogP contribution in [-0.2, 0) is 22.5 Å². The summed E-state index contributed by atoms with van der Waals surface area (Å²) in [5.41, 5.74) is 2.72. The van der Waals surface area contributed by atoms with Crippen LogP contribution in [0.15, 0.2) is 48.5 Å². The summed E-state index contributed by atoms with van der Waals surface area (Å²) in [6.45, 7) is 3.57. The first-order chi connectivity index (χ1) is 17.4. The van der Waals surface area contributed by atoms with Crippen molar-refractivity contribution in [1.29, 1.82) is 0 Å². The van der Waals surface area contributed by atoms with Gasteiger partial charge in [-0.15, -0.1) is 0 Å². The third-order valence-corrected chi connectivity index (χ3v) is 6.88. The number of likely N-dealkylation sites (N-methyl/N-ethyl adjacent to an activating group) is 1. The number of carbonyl (C=O) groups is 3. The number of halogens is 1. The Hall–Kier alpha value is -3.10. The SMILES string of the molecule is CCc1ccc(NC(=O)OCCC(NC)C(=O)C2CCN(C(=O)NCc3ccccc3Cl)CC2)cc1. The lowest BCUT2D eigenvalue weighted by Gasteiger charge is -2.32. The number of hydrogen-bond acceptors (Lipinski definition) is 5. The Morgan fingerprint density at radius 3 is 2.42 bits per heavy atom. The molecule has 1 saturated heterocycles. The van der Waals surface area contributed by atoms with E-state index in [1.165, 1.54) is 5.56 Å². The summed E-state index contributed by atoms with van der Waals surface area (Å²) in [6, 6.07) is 14.4. The second-order valence-corrected chi connectivity index (χ2v) is 9.26. The summed E-state index contributed by atoms with van der Waals surface area (Å²) in [5, 5.41) is 9.26. The zero-order chi connectivity index (χ0) is 25.9. The average molecular weight is 515 g/mol. The van der Waals surface area contributed by atoms with Gasteiger partial charge in [0.15, 0.2) is 5.78 Å². The predicted octanol–water partition coefficient (Wildman–Crippen LogP) is 4.62. The Bertz CT molecular complexity index is 1020. The number of piperidine rings is 1. The molecule has 2 aromatic carbocycles. The number of nitrogens with zero attached hydrogens (tertiary/aromatic N) is 1. The van der Waals surface area contributed by atoms with Crippen molar-refractivity contribution in [1.82, 2.24) is 15.5 Å². The molecule has 0 radical (unpaired) electrons. The molecule has 0 aromatic heterocycles. The number of amides is 3. The number of hydrogen-bond donors (Lipinski definition) is 3. The van der Waals surface area contributed by atoms with Crippen molar-refractivity contribution >= 4 is 35.2 Å². The van der Waals surface area contributed by atoms with E-state index in [4.69, 9.17) is 16.3 Å². The lowest BCUT2D eigenvalue weighted by molar-refractivity contribution is -0.126. The molecule has 0 saturated carbocycles. The van der Waals surface area contributed by atoms with Crippen LogP contribution in [0.3, 0.4) is 0 Å². The van der Waals surface area contributed by atoms with E-state index in [9.17, 15) is 14.4 Å². The van der Waals surface area contributed by atoms with Gasteiger partial charge in [-0.1, -0.05) is 48.9 Å². The first-order valence-corrected chi connectivity index (χ1v) is 12.8. The fourth-order valence-electron chi connectivity index (χ4n) is 4.25. The van der Waals surface area contributed by atoms with Crippen molar-refractivity contribution in [2.24, 2.45) is 5.92 Å². The van der Waals surface area contributed by atoms with E-state index in [0.717, 1.165) is 12.0 Å². The molecule has 0 bridgehead atoms. The highest BCUT2D eigenvalue weighted by atomic mass is 35.5. The number of ether oxygens (including phenoxy) is 1. The minimum Gasteiger partial charge on any atom is -0.449 e. The van der Waals surface area contributed by atoms with Crippen molar-refractivity contribution < 1.29 is 19.1 Å². The number of benzene rings is 2. The number of rotatable bonds is 10. The molecule has 2 aromatic rings. The Balaban J connectivity index is 1.38. The molecule has 1 atom stereocenters. The molecule has 3 amide bonds. The number of likely N-dealkylation sites (tertiary alicyclic amines) is 1. The van der Waals surface area contributed by atoms with Gasteiger partial charge in [0.2, 0.25) is 0 Å². The van der Waals surface area contributed by atoms with Crippen LogP contribution in [0.25, 0.3) is 0 Å². The van der Waals surface area contributed by atoms with E-state index in [2.05, 4.69) is 22.9 Å². The summed E-state index contributed by atoms with van der Waals surface area (Å²) in [6.07, 6.45) is 1.98. The summed E-state index contributed by atoms with van der Waals surface area (Å²) < 4.78 is 5.28. The summed E-state index contributed by atoms with van der Waals surface area (Å²) in [7, 11) is 1.73. The molecule has 1 aliphatic heterocycles. The maximum Gasteiger partial charge on any atom is 0.411 e. The summed E-state index contributed by atoms with van der Waals surface area (Å²) >= 11 is 6.15. The van der Waals surface area contributed by atoms with E-state index in [-0.39, 0.29) is 24.3 Å². The number of urea groups is 1. The highest BCUT2D eigenvalue weighted by Crippen LogP contribution is 2.21. The number of Topliss-reactive ketones (excluding diaryl/α,β-unsaturated/α-hetero) is 1. The minimum absolute atomic E-state index is 0.0905. The fourth-order valence-corrected chi connectivity index (χ4v) is 4.45. The van der Waals surface area contributed by atoms with Crippen LogP contribution in [0.2, 0.25) is 5.02 Å². The Kier molecular flexibility index (Phi) is 10.6. The van der Waals surface area contributed by atoms with Crippen LogP contribution in [0, 0.1) is 5.92 Å². The predicted molar refractivity (Wildman–Crippen MR) is 141 cm³/mol. The molecular weight excluding hydrogens is 480 g/mol. The zero-order valence-corrected chi connectivity index (χ0v) is 21.6. The largest absolute Gasteiger partial charge is 0.449 e. The van der Waals surface area contributed by atoms with Gasteiger partial charge < -0.3 is 20.3 Å². The first-order valence-electron chi connectivity index (χ1n) is 12.4. The van der Waals surface area contributed by atoms with E-state index < -0.39 is 12.1 Å². The van der Waals surface area contributed by atoms with Crippen LogP contribution in [0.1, 0.15) is 37.3 Å². The Morgan fingerprint density at radius 1 is 1.08 bits per heavy atom. The molecule has 36 heavy (non-hydrogen) atoms. The van der Waals surface area contributed by atoms with Crippen molar-refractivity contribution in [3.05, 3.63) is 64.7 Å². The molecule has 1 aliphatic rings. The number of carbonyl (C=O) groups excluding carboxylic acids is 3. The second-order valence-electron chi connectivity index (χ2n) is 8.86. The van der Waals surface area contributed by atoms with E-state index in [1.807, 2.05) is 42.5 Å². The third kappa shape index (κ3) is 7.96. The highest BCUT2D eigenvalue weighted by Gasteiger charge is 2.31. The lowest BCUT2D eigenvalue weighted by atomic mass is 9.88. The number of ketones is 1. The quantitative estimate of drug-likeness (QED) is 0.429. The van der Waals surface area contributed by atoms with E-state index >= 15 is 0 Å². The van der Waals surface area contributed by atoms with Crippen molar-refractivity contribution in [3.8, 4) is 0 Å². The molecule has 0 spiro atoms. The smallest absolute Gasteiger partial charge is 0.411 e. The van der Waals surface area contributed by atoms with Gasteiger partial charge in [0.25, 0.3) is 0 Å². The van der Waals surface area contributed by atoms with E-state index in [0.29, 0.717) is 49.6 Å². The van der Waals surface area contributed by atoms with Gasteiger partial charge >= 0.3 is 12.1 Å². The Labute approximate surface area is 217 Å². The average Bonchev–Trinajstić information content (AvgIpc) is 2.90. The molecule has 9 heteroatoms. The normalized spacial score (nSPS) is 14.7. The van der Waals surface area contributed by atoms with Crippen molar-refractivity contribution in [2.75, 3.05) is 32.1 Å². The Morgan fingerprint density at radius 2 is 1.78 bits per heavy atom. The maximum atomic E-state index is 13.0. The van der Waals surface area contributed by atoms with E-state index in [1.54, 1.807) is 18.0 Å². The summed E-state index contributed by atoms with van der Waals surface area (Å²) in [4.78, 5) is 39.4. The van der Waals surface area contributed by atoms with Crippen molar-refractivity contribution in [3.63, 3.8) is 0 Å². The zero-order valence-electron chi connectivity index (χ0n) is 20.9. The van der Waals surface area contributed by atoms with Crippen LogP contribution in [0.4, 0.5) is 15.3 Å². The van der Waals surface area contributed by atoms with Crippen LogP contribution in [-0.4, -0.2) is 55.6 Å². The molecule has 1 fully saturated rings. The van der Waals surface area contributed by atoms with Crippen molar-refractivity contribution in [2.45, 2.75) is 45.2 Å². The first kappa shape index (κ1) is 27.5. The number of aryl methyl sites for hydroxylation is 1. The van der Waals surface area contributed by atoms with Crippen LogP contribution in [0.5, 0.6) is 0 Å². The van der Waals surface area contributed by atoms with Gasteiger partial charge in [0.05, 0.1) is 12.6 Å². The molecule has 1 heterocycles. The minimum atomic E-state index is -0.544. The van der Waals surface area contributed by atoms with Gasteiger partial charge in [0.1, 0.15) is 0 Å². The summed E-state index contributed by atoms with van der Waals surface area (Å²) in [5.74, 6) is -0.0474. The monoisotopic (exact) mass is 514 g/mol. The lowest BCUT2D eigenvalue weighted by Crippen LogP contribution is -2.48. The topological polar surface area (TPSA) is 99.8 Å². The highest BCUT2D eigenvalue weighted by molar-refractivity contribution is 6.31. The third-order valence-electron chi connectivity index (χ3n) is 6.51. The van der Waals surface area contributed by atoms with Crippen LogP contribution < -0.4 is 16.0 Å². The second kappa shape index (κ2) is 13.8. The molecule has 0 aliphatic carbocycles. The van der Waals surface area contributed by atoms with Crippen LogP contribution >= 0.6 is 11.6 Å². The van der Waals surface area contributed by atoms with Gasteiger partial charge in [-0.05, 0) is 55.6 Å². The molecule has 3 N–H and O–H groups in total. The molecule has 8 nitrogen and oxygen atoms in total. The molecule has 194 valence electrons. The fraction of sp³-hybridized carbons (Fsp3) is 0.444. The maximum absolute atomic E-state index is 13.0.